The van der Waals surface area contributed by atoms with E-state index >= 15 is 0 Å². The summed E-state index contributed by atoms with van der Waals surface area (Å²) in [4.78, 5) is 24.2. The third kappa shape index (κ3) is 4.73. The van der Waals surface area contributed by atoms with Crippen molar-refractivity contribution in [2.45, 2.75) is 32.4 Å². The molecule has 1 aliphatic heterocycles. The van der Waals surface area contributed by atoms with E-state index < -0.39 is 5.60 Å². The Bertz CT molecular complexity index is 525. The number of benzene rings is 1. The Morgan fingerprint density at radius 3 is 2.50 bits per heavy atom. The molecule has 0 unspecified atom stereocenters. The van der Waals surface area contributed by atoms with Crippen LogP contribution in [0.3, 0.4) is 0 Å². The first kappa shape index (κ1) is 16.3. The zero-order chi connectivity index (χ0) is 16.2. The van der Waals surface area contributed by atoms with Crippen molar-refractivity contribution in [3.63, 3.8) is 0 Å². The van der Waals surface area contributed by atoms with Crippen molar-refractivity contribution in [1.29, 1.82) is 0 Å². The topological polar surface area (TPSA) is 79.5 Å². The molecular weight excluding hydrogens is 282 g/mol. The predicted molar refractivity (Wildman–Crippen MR) is 84.6 cm³/mol. The number of carbonyl (C=O) groups excluding carboxylic acids is 2. The molecule has 1 aliphatic rings. The Hall–Kier alpha value is -2.08. The van der Waals surface area contributed by atoms with Crippen LogP contribution in [-0.2, 0) is 9.53 Å². The molecule has 1 saturated heterocycles. The van der Waals surface area contributed by atoms with Gasteiger partial charge in [0.15, 0.2) is 0 Å². The van der Waals surface area contributed by atoms with Gasteiger partial charge in [0.1, 0.15) is 5.60 Å². The first-order valence-electron chi connectivity index (χ1n) is 7.41. The predicted octanol–water partition coefficient (Wildman–Crippen LogP) is 1.74. The van der Waals surface area contributed by atoms with Gasteiger partial charge in [-0.3, -0.25) is 4.79 Å². The summed E-state index contributed by atoms with van der Waals surface area (Å²) in [5, 5.41) is 8.69. The lowest BCUT2D eigenvalue weighted by molar-refractivity contribution is -0.159. The van der Waals surface area contributed by atoms with Crippen LogP contribution in [0.2, 0.25) is 0 Å². The van der Waals surface area contributed by atoms with E-state index in [0.29, 0.717) is 18.8 Å². The summed E-state index contributed by atoms with van der Waals surface area (Å²) in [6, 6.07) is 8.57. The summed E-state index contributed by atoms with van der Waals surface area (Å²) >= 11 is 0. The fourth-order valence-corrected chi connectivity index (χ4v) is 2.31. The highest BCUT2D eigenvalue weighted by Gasteiger charge is 2.36. The van der Waals surface area contributed by atoms with Crippen molar-refractivity contribution in [3.05, 3.63) is 30.3 Å². The van der Waals surface area contributed by atoms with Crippen LogP contribution in [0.4, 0.5) is 10.5 Å². The Morgan fingerprint density at radius 1 is 1.18 bits per heavy atom. The molecule has 6 nitrogen and oxygen atoms in total. The molecule has 2 atom stereocenters. The molecule has 0 saturated carbocycles. The quantitative estimate of drug-likeness (QED) is 0.743. The van der Waals surface area contributed by atoms with Gasteiger partial charge in [-0.2, -0.15) is 0 Å². The minimum absolute atomic E-state index is 0.279. The molecule has 2 rings (SSSR count). The molecule has 1 heterocycles. The molecule has 1 fully saturated rings. The van der Waals surface area contributed by atoms with Crippen molar-refractivity contribution >= 4 is 17.7 Å². The highest BCUT2D eigenvalue weighted by molar-refractivity contribution is 5.90. The number of amides is 2. The summed E-state index contributed by atoms with van der Waals surface area (Å²) in [6.45, 7) is 6.55. The number of hydrogen-bond donors (Lipinski definition) is 3. The zero-order valence-corrected chi connectivity index (χ0v) is 13.2. The Balaban J connectivity index is 1.91. The lowest BCUT2D eigenvalue weighted by Gasteiger charge is -2.25. The number of hydrogen-bond acceptors (Lipinski definition) is 4. The Morgan fingerprint density at radius 2 is 1.86 bits per heavy atom. The second-order valence-corrected chi connectivity index (χ2v) is 6.37. The Labute approximate surface area is 130 Å². The zero-order valence-electron chi connectivity index (χ0n) is 13.2. The third-order valence-electron chi connectivity index (χ3n) is 3.27. The molecule has 0 aromatic heterocycles. The highest BCUT2D eigenvalue weighted by Crippen LogP contribution is 2.17. The fraction of sp³-hybridized carbons (Fsp3) is 0.500. The van der Waals surface area contributed by atoms with Gasteiger partial charge in [-0.1, -0.05) is 18.2 Å². The van der Waals surface area contributed by atoms with E-state index in [1.165, 1.54) is 0 Å². The van der Waals surface area contributed by atoms with Crippen molar-refractivity contribution in [2.75, 3.05) is 18.4 Å². The number of nitrogens with one attached hydrogen (secondary N) is 3. The molecule has 0 bridgehead atoms. The molecule has 0 aliphatic carbocycles. The number of urea groups is 1. The van der Waals surface area contributed by atoms with E-state index in [-0.39, 0.29) is 24.0 Å². The number of anilines is 1. The molecule has 6 heteroatoms. The van der Waals surface area contributed by atoms with Crippen LogP contribution in [0.15, 0.2) is 30.3 Å². The maximum absolute atomic E-state index is 12.2. The molecule has 120 valence electrons. The van der Waals surface area contributed by atoms with Gasteiger partial charge < -0.3 is 20.7 Å². The molecule has 0 radical (unpaired) electrons. The van der Waals surface area contributed by atoms with E-state index in [4.69, 9.17) is 4.74 Å². The van der Waals surface area contributed by atoms with Gasteiger partial charge in [-0.05, 0) is 32.9 Å². The second-order valence-electron chi connectivity index (χ2n) is 6.37. The van der Waals surface area contributed by atoms with Crippen molar-refractivity contribution in [1.82, 2.24) is 10.6 Å². The van der Waals surface area contributed by atoms with Crippen LogP contribution in [0, 0.1) is 5.92 Å². The summed E-state index contributed by atoms with van der Waals surface area (Å²) in [5.74, 6) is -0.664. The molecular formula is C16H23N3O3. The van der Waals surface area contributed by atoms with Gasteiger partial charge in [0.05, 0.1) is 12.0 Å². The van der Waals surface area contributed by atoms with Gasteiger partial charge >= 0.3 is 12.0 Å². The largest absolute Gasteiger partial charge is 0.460 e. The first-order valence-corrected chi connectivity index (χ1v) is 7.41. The number of para-hydroxylation sites is 1. The van der Waals surface area contributed by atoms with Crippen LogP contribution in [0.25, 0.3) is 0 Å². The van der Waals surface area contributed by atoms with Crippen LogP contribution in [0.1, 0.15) is 20.8 Å². The molecule has 0 spiro atoms. The maximum Gasteiger partial charge on any atom is 0.319 e. The average molecular weight is 305 g/mol. The van der Waals surface area contributed by atoms with E-state index in [2.05, 4.69) is 16.0 Å². The number of esters is 1. The second kappa shape index (κ2) is 6.79. The molecule has 22 heavy (non-hydrogen) atoms. The van der Waals surface area contributed by atoms with E-state index in [1.54, 1.807) is 12.1 Å². The standard InChI is InChI=1S/C16H23N3O3/c1-16(2,3)22-14(20)12-9-17-10-13(12)19-15(21)18-11-7-5-4-6-8-11/h4-8,12-13,17H,9-10H2,1-3H3,(H2,18,19,21)/t12-,13+/m1/s1. The van der Waals surface area contributed by atoms with Gasteiger partial charge in [0.25, 0.3) is 0 Å². The average Bonchev–Trinajstić information content (AvgIpc) is 2.86. The monoisotopic (exact) mass is 305 g/mol. The molecule has 1 aromatic rings. The number of rotatable bonds is 3. The first-order chi connectivity index (χ1) is 10.3. The SMILES string of the molecule is CC(C)(C)OC(=O)[C@@H]1CNC[C@@H]1NC(=O)Nc1ccccc1. The van der Waals surface area contributed by atoms with Crippen LogP contribution < -0.4 is 16.0 Å². The van der Waals surface area contributed by atoms with Gasteiger partial charge in [-0.25, -0.2) is 4.79 Å². The van der Waals surface area contributed by atoms with Gasteiger partial charge in [0.2, 0.25) is 0 Å². The molecule has 2 amide bonds. The summed E-state index contributed by atoms with van der Waals surface area (Å²) in [7, 11) is 0. The lowest BCUT2D eigenvalue weighted by atomic mass is 10.0. The number of ether oxygens (including phenoxy) is 1. The normalized spacial score (nSPS) is 21.2. The van der Waals surface area contributed by atoms with E-state index in [9.17, 15) is 9.59 Å². The number of carbonyl (C=O) groups is 2. The lowest BCUT2D eigenvalue weighted by Crippen LogP contribution is -2.46. The van der Waals surface area contributed by atoms with E-state index in [1.807, 2.05) is 39.0 Å². The van der Waals surface area contributed by atoms with Crippen molar-refractivity contribution < 1.29 is 14.3 Å². The van der Waals surface area contributed by atoms with Crippen LogP contribution >= 0.6 is 0 Å². The van der Waals surface area contributed by atoms with E-state index in [0.717, 1.165) is 0 Å². The molecule has 1 aromatic carbocycles. The Kier molecular flexibility index (Phi) is 5.03. The summed E-state index contributed by atoms with van der Waals surface area (Å²) < 4.78 is 5.40. The van der Waals surface area contributed by atoms with Crippen LogP contribution in [0.5, 0.6) is 0 Å². The smallest absolute Gasteiger partial charge is 0.319 e. The van der Waals surface area contributed by atoms with Crippen molar-refractivity contribution in [3.8, 4) is 0 Å². The summed E-state index contributed by atoms with van der Waals surface area (Å²) in [5.41, 5.74) is 0.177. The fourth-order valence-electron chi connectivity index (χ4n) is 2.31. The minimum atomic E-state index is -0.531. The minimum Gasteiger partial charge on any atom is -0.460 e. The molecule has 3 N–H and O–H groups in total. The van der Waals surface area contributed by atoms with Gasteiger partial charge in [0, 0.05) is 18.8 Å². The van der Waals surface area contributed by atoms with Crippen LogP contribution in [-0.4, -0.2) is 36.7 Å². The van der Waals surface area contributed by atoms with Crippen molar-refractivity contribution in [2.24, 2.45) is 5.92 Å². The van der Waals surface area contributed by atoms with Gasteiger partial charge in [-0.15, -0.1) is 0 Å². The third-order valence-corrected chi connectivity index (χ3v) is 3.27. The highest BCUT2D eigenvalue weighted by atomic mass is 16.6. The maximum atomic E-state index is 12.2. The summed E-state index contributed by atoms with van der Waals surface area (Å²) in [6.07, 6.45) is 0.